The van der Waals surface area contributed by atoms with Crippen molar-refractivity contribution in [1.29, 1.82) is 5.41 Å². The van der Waals surface area contributed by atoms with E-state index in [2.05, 4.69) is 10.6 Å². The Labute approximate surface area is 235 Å². The summed E-state index contributed by atoms with van der Waals surface area (Å²) in [6, 6.07) is 31.5. The molecule has 0 radical (unpaired) electrons. The number of nitrogens with one attached hydrogen (secondary N) is 3. The van der Waals surface area contributed by atoms with Crippen molar-refractivity contribution < 1.29 is 14.3 Å². The number of carbonyl (C=O) groups excluding carboxylic acids is 1. The molecule has 4 rings (SSSR count). The molecule has 0 aliphatic rings. The van der Waals surface area contributed by atoms with Gasteiger partial charge in [0, 0.05) is 23.9 Å². The van der Waals surface area contributed by atoms with E-state index in [9.17, 15) is 4.79 Å². The van der Waals surface area contributed by atoms with Gasteiger partial charge in [-0.3, -0.25) is 10.2 Å². The number of nitrogen functional groups attached to an aromatic ring is 1. The van der Waals surface area contributed by atoms with Crippen molar-refractivity contribution >= 4 is 29.8 Å². The van der Waals surface area contributed by atoms with E-state index < -0.39 is 6.04 Å². The fourth-order valence-electron chi connectivity index (χ4n) is 3.93. The quantitative estimate of drug-likeness (QED) is 0.132. The van der Waals surface area contributed by atoms with Crippen molar-refractivity contribution in [3.8, 4) is 11.5 Å². The molecule has 0 saturated heterocycles. The minimum absolute atomic E-state index is 0. The summed E-state index contributed by atoms with van der Waals surface area (Å²) in [5, 5.41) is 14.0. The summed E-state index contributed by atoms with van der Waals surface area (Å²) >= 11 is 0. The number of amides is 1. The van der Waals surface area contributed by atoms with Crippen LogP contribution in [0.5, 0.6) is 11.5 Å². The molecule has 5 N–H and O–H groups in total. The predicted molar refractivity (Wildman–Crippen MR) is 158 cm³/mol. The average Bonchev–Trinajstić information content (AvgIpc) is 2.95. The standard InChI is InChI=1S/C31H32N4O3.ClH/c1-2-37-27-17-25(18-28(19-27)38-21-23-11-7-4-8-12-23)29(31(36)34-20-22-9-5-3-6-10-22)35-26-15-13-24(14-16-26)30(32)33;/h3-19,29,35H,2,20-21H2,1H3,(H3,32,33)(H,34,36);1H/t29-;/m0./s1. The fraction of sp³-hybridized carbons (Fsp3) is 0.161. The molecule has 0 saturated carbocycles. The Morgan fingerprint density at radius 1 is 0.846 bits per heavy atom. The second kappa shape index (κ2) is 14.4. The zero-order valence-electron chi connectivity index (χ0n) is 21.7. The molecule has 0 aliphatic carbocycles. The molecule has 1 amide bonds. The van der Waals surface area contributed by atoms with E-state index in [-0.39, 0.29) is 24.1 Å². The van der Waals surface area contributed by atoms with Crippen LogP contribution >= 0.6 is 12.4 Å². The zero-order valence-corrected chi connectivity index (χ0v) is 22.5. The Morgan fingerprint density at radius 2 is 1.44 bits per heavy atom. The van der Waals surface area contributed by atoms with E-state index in [1.807, 2.05) is 85.8 Å². The van der Waals surface area contributed by atoms with Crippen LogP contribution in [0, 0.1) is 5.41 Å². The highest BCUT2D eigenvalue weighted by atomic mass is 35.5. The Hall–Kier alpha value is -4.49. The highest BCUT2D eigenvalue weighted by Crippen LogP contribution is 2.30. The molecule has 0 unspecified atom stereocenters. The maximum absolute atomic E-state index is 13.5. The molecule has 39 heavy (non-hydrogen) atoms. The minimum atomic E-state index is -0.735. The molecular formula is C31H33ClN4O3. The molecule has 0 bridgehead atoms. The number of ether oxygens (including phenoxy) is 2. The van der Waals surface area contributed by atoms with Gasteiger partial charge in [0.15, 0.2) is 0 Å². The summed E-state index contributed by atoms with van der Waals surface area (Å²) in [7, 11) is 0. The van der Waals surface area contributed by atoms with Crippen molar-refractivity contribution in [3.63, 3.8) is 0 Å². The van der Waals surface area contributed by atoms with Crippen LogP contribution in [0.2, 0.25) is 0 Å². The number of halogens is 1. The lowest BCUT2D eigenvalue weighted by Gasteiger charge is -2.22. The number of hydrogen-bond acceptors (Lipinski definition) is 5. The average molecular weight is 545 g/mol. The first kappa shape index (κ1) is 29.1. The summed E-state index contributed by atoms with van der Waals surface area (Å²) in [6.45, 7) is 3.17. The minimum Gasteiger partial charge on any atom is -0.494 e. The Kier molecular flexibility index (Phi) is 10.8. The molecule has 202 valence electrons. The van der Waals surface area contributed by atoms with Gasteiger partial charge in [-0.25, -0.2) is 0 Å². The molecule has 8 heteroatoms. The third-order valence-corrected chi connectivity index (χ3v) is 5.87. The van der Waals surface area contributed by atoms with E-state index in [1.54, 1.807) is 24.3 Å². The van der Waals surface area contributed by atoms with Crippen LogP contribution in [0.1, 0.15) is 35.2 Å². The van der Waals surface area contributed by atoms with Gasteiger partial charge in [-0.2, -0.15) is 0 Å². The maximum atomic E-state index is 13.5. The molecule has 0 aliphatic heterocycles. The van der Waals surface area contributed by atoms with Crippen LogP contribution in [0.3, 0.4) is 0 Å². The number of rotatable bonds is 12. The van der Waals surface area contributed by atoms with Gasteiger partial charge in [0.25, 0.3) is 0 Å². The van der Waals surface area contributed by atoms with E-state index in [1.165, 1.54) is 0 Å². The van der Waals surface area contributed by atoms with Crippen LogP contribution in [0.15, 0.2) is 103 Å². The Bertz CT molecular complexity index is 1350. The van der Waals surface area contributed by atoms with Gasteiger partial charge in [0.05, 0.1) is 6.61 Å². The second-order valence-corrected chi connectivity index (χ2v) is 8.72. The monoisotopic (exact) mass is 544 g/mol. The van der Waals surface area contributed by atoms with Crippen LogP contribution in [-0.4, -0.2) is 18.3 Å². The van der Waals surface area contributed by atoms with Gasteiger partial charge in [-0.1, -0.05) is 60.7 Å². The molecular weight excluding hydrogens is 512 g/mol. The number of nitrogens with two attached hydrogens (primary N) is 1. The van der Waals surface area contributed by atoms with Crippen molar-refractivity contribution in [2.75, 3.05) is 11.9 Å². The summed E-state index contributed by atoms with van der Waals surface area (Å²) in [4.78, 5) is 13.5. The molecule has 7 nitrogen and oxygen atoms in total. The maximum Gasteiger partial charge on any atom is 0.247 e. The van der Waals surface area contributed by atoms with Crippen molar-refractivity contribution in [3.05, 3.63) is 125 Å². The van der Waals surface area contributed by atoms with Gasteiger partial charge < -0.3 is 25.8 Å². The molecule has 0 spiro atoms. The van der Waals surface area contributed by atoms with Crippen molar-refractivity contribution in [2.24, 2.45) is 5.73 Å². The summed E-state index contributed by atoms with van der Waals surface area (Å²) in [5.74, 6) is 0.998. The van der Waals surface area contributed by atoms with Crippen LogP contribution in [-0.2, 0) is 17.9 Å². The number of hydrogen-bond donors (Lipinski definition) is 4. The van der Waals surface area contributed by atoms with Crippen LogP contribution in [0.25, 0.3) is 0 Å². The van der Waals surface area contributed by atoms with E-state index in [4.69, 9.17) is 20.6 Å². The van der Waals surface area contributed by atoms with Gasteiger partial charge >= 0.3 is 0 Å². The first-order chi connectivity index (χ1) is 18.5. The van der Waals surface area contributed by atoms with Crippen LogP contribution in [0.4, 0.5) is 5.69 Å². The van der Waals surface area contributed by atoms with Gasteiger partial charge in [0.2, 0.25) is 5.91 Å². The highest BCUT2D eigenvalue weighted by Gasteiger charge is 2.22. The van der Waals surface area contributed by atoms with Crippen LogP contribution < -0.4 is 25.8 Å². The third kappa shape index (κ3) is 8.51. The molecule has 0 heterocycles. The lowest BCUT2D eigenvalue weighted by atomic mass is 10.0. The number of anilines is 1. The predicted octanol–water partition coefficient (Wildman–Crippen LogP) is 5.84. The highest BCUT2D eigenvalue weighted by molar-refractivity contribution is 5.95. The van der Waals surface area contributed by atoms with Gasteiger partial charge in [-0.15, -0.1) is 12.4 Å². The Morgan fingerprint density at radius 3 is 2.03 bits per heavy atom. The lowest BCUT2D eigenvalue weighted by Crippen LogP contribution is -2.33. The first-order valence-corrected chi connectivity index (χ1v) is 12.5. The zero-order chi connectivity index (χ0) is 26.7. The molecule has 1 atom stereocenters. The molecule has 4 aromatic carbocycles. The molecule has 0 fully saturated rings. The molecule has 4 aromatic rings. The lowest BCUT2D eigenvalue weighted by molar-refractivity contribution is -0.122. The van der Waals surface area contributed by atoms with E-state index in [0.29, 0.717) is 48.1 Å². The number of benzene rings is 4. The normalized spacial score (nSPS) is 11.0. The summed E-state index contributed by atoms with van der Waals surface area (Å²) in [5.41, 5.74) is 9.65. The van der Waals surface area contributed by atoms with Gasteiger partial charge in [0.1, 0.15) is 30.0 Å². The van der Waals surface area contributed by atoms with Crippen molar-refractivity contribution in [1.82, 2.24) is 5.32 Å². The second-order valence-electron chi connectivity index (χ2n) is 8.72. The topological polar surface area (TPSA) is 109 Å². The Balaban J connectivity index is 0.00000420. The largest absolute Gasteiger partial charge is 0.494 e. The smallest absolute Gasteiger partial charge is 0.247 e. The van der Waals surface area contributed by atoms with Gasteiger partial charge in [-0.05, 0) is 60.0 Å². The van der Waals surface area contributed by atoms with E-state index >= 15 is 0 Å². The first-order valence-electron chi connectivity index (χ1n) is 12.5. The number of amidine groups is 1. The molecule has 0 aromatic heterocycles. The summed E-state index contributed by atoms with van der Waals surface area (Å²) in [6.07, 6.45) is 0. The number of carbonyl (C=O) groups is 1. The summed E-state index contributed by atoms with van der Waals surface area (Å²) < 4.78 is 11.9. The van der Waals surface area contributed by atoms with E-state index in [0.717, 1.165) is 11.1 Å². The SMILES string of the molecule is CCOc1cc(OCc2ccccc2)cc([C@H](Nc2ccc(C(=N)N)cc2)C(=O)NCc2ccccc2)c1.Cl. The third-order valence-electron chi connectivity index (χ3n) is 5.87. The van der Waals surface area contributed by atoms with Crippen molar-refractivity contribution in [2.45, 2.75) is 26.1 Å². The fourth-order valence-corrected chi connectivity index (χ4v) is 3.93.